The highest BCUT2D eigenvalue weighted by atomic mass is 127. The lowest BCUT2D eigenvalue weighted by atomic mass is 9.89. The molecule has 0 heterocycles. The highest BCUT2D eigenvalue weighted by Crippen LogP contribution is 2.37. The van der Waals surface area contributed by atoms with Gasteiger partial charge in [-0.2, -0.15) is 0 Å². The second kappa shape index (κ2) is 7.64. The first-order valence-electron chi connectivity index (χ1n) is 7.65. The molecule has 2 rings (SSSR count). The molecular weight excluding hydrogens is 391 g/mol. The Kier molecular flexibility index (Phi) is 6.12. The van der Waals surface area contributed by atoms with Crippen LogP contribution in [0.4, 0.5) is 0 Å². The molecule has 0 aliphatic carbocycles. The monoisotopic (exact) mass is 412 g/mol. The Morgan fingerprint density at radius 1 is 0.952 bits per heavy atom. The Morgan fingerprint density at radius 3 is 2.00 bits per heavy atom. The van der Waals surface area contributed by atoms with Crippen LogP contribution in [-0.2, 0) is 19.3 Å². The van der Waals surface area contributed by atoms with E-state index in [4.69, 9.17) is 11.6 Å². The maximum absolute atomic E-state index is 6.90. The van der Waals surface area contributed by atoms with Gasteiger partial charge in [0.25, 0.3) is 0 Å². The number of halogens is 2. The van der Waals surface area contributed by atoms with Gasteiger partial charge in [-0.15, -0.1) is 11.6 Å². The van der Waals surface area contributed by atoms with Crippen LogP contribution in [0.15, 0.2) is 36.4 Å². The topological polar surface area (TPSA) is 0 Å². The lowest BCUT2D eigenvalue weighted by Gasteiger charge is -2.21. The summed E-state index contributed by atoms with van der Waals surface area (Å²) in [5, 5.41) is -0.0612. The molecule has 0 nitrogen and oxygen atoms in total. The summed E-state index contributed by atoms with van der Waals surface area (Å²) in [6.45, 7) is 6.65. The van der Waals surface area contributed by atoms with Crippen molar-refractivity contribution < 1.29 is 0 Å². The first kappa shape index (κ1) is 16.8. The Hall–Kier alpha value is -0.540. The third-order valence-corrected chi connectivity index (χ3v) is 5.45. The molecule has 0 saturated heterocycles. The van der Waals surface area contributed by atoms with Crippen molar-refractivity contribution in [2.24, 2.45) is 0 Å². The molecule has 2 aromatic rings. The lowest BCUT2D eigenvalue weighted by molar-refractivity contribution is 0.961. The lowest BCUT2D eigenvalue weighted by Crippen LogP contribution is -2.06. The maximum Gasteiger partial charge on any atom is 0.0850 e. The van der Waals surface area contributed by atoms with E-state index in [1.54, 1.807) is 0 Å². The summed E-state index contributed by atoms with van der Waals surface area (Å²) in [4.78, 5) is 0. The van der Waals surface area contributed by atoms with Gasteiger partial charge < -0.3 is 0 Å². The Labute approximate surface area is 147 Å². The van der Waals surface area contributed by atoms with E-state index in [1.165, 1.54) is 31.4 Å². The van der Waals surface area contributed by atoms with Crippen LogP contribution in [0.3, 0.4) is 0 Å². The molecule has 0 aliphatic heterocycles. The molecule has 0 fully saturated rings. The van der Waals surface area contributed by atoms with Gasteiger partial charge >= 0.3 is 0 Å². The van der Waals surface area contributed by atoms with Crippen molar-refractivity contribution in [1.29, 1.82) is 0 Å². The van der Waals surface area contributed by atoms with E-state index in [0.29, 0.717) is 0 Å². The maximum atomic E-state index is 6.90. The minimum absolute atomic E-state index is 0.0612. The van der Waals surface area contributed by atoms with E-state index in [2.05, 4.69) is 79.8 Å². The predicted molar refractivity (Wildman–Crippen MR) is 101 cm³/mol. The van der Waals surface area contributed by atoms with Crippen LogP contribution in [0.25, 0.3) is 0 Å². The van der Waals surface area contributed by atoms with Crippen molar-refractivity contribution >= 4 is 34.2 Å². The number of benzene rings is 2. The molecule has 0 radical (unpaired) electrons. The first-order valence-corrected chi connectivity index (χ1v) is 9.16. The van der Waals surface area contributed by atoms with Gasteiger partial charge in [0.15, 0.2) is 0 Å². The Balaban J connectivity index is 2.59. The minimum atomic E-state index is -0.0612. The van der Waals surface area contributed by atoms with E-state index in [-0.39, 0.29) is 5.38 Å². The van der Waals surface area contributed by atoms with Gasteiger partial charge in [0, 0.05) is 3.57 Å². The van der Waals surface area contributed by atoms with Crippen LogP contribution < -0.4 is 0 Å². The van der Waals surface area contributed by atoms with Gasteiger partial charge in [0.05, 0.1) is 5.38 Å². The van der Waals surface area contributed by atoms with Crippen molar-refractivity contribution in [3.63, 3.8) is 0 Å². The molecule has 1 atom stereocenters. The summed E-state index contributed by atoms with van der Waals surface area (Å²) in [6.07, 6.45) is 3.14. The van der Waals surface area contributed by atoms with E-state index >= 15 is 0 Å². The molecule has 21 heavy (non-hydrogen) atoms. The van der Waals surface area contributed by atoms with Gasteiger partial charge in [-0.25, -0.2) is 0 Å². The molecule has 0 saturated carbocycles. The van der Waals surface area contributed by atoms with Gasteiger partial charge in [0.1, 0.15) is 0 Å². The zero-order valence-corrected chi connectivity index (χ0v) is 15.8. The second-order valence-corrected chi connectivity index (χ2v) is 6.87. The number of hydrogen-bond donors (Lipinski definition) is 0. The third kappa shape index (κ3) is 3.62. The quantitative estimate of drug-likeness (QED) is 0.399. The summed E-state index contributed by atoms with van der Waals surface area (Å²) < 4.78 is 1.23. The summed E-state index contributed by atoms with van der Waals surface area (Å²) in [6, 6.07) is 13.1. The standard InChI is InChI=1S/C19H22ClI/c1-4-13-11-14(5-2)18(15(6-3)12-13)19(20)16-9-7-8-10-17(16)21/h7-12,19H,4-6H2,1-3H3. The van der Waals surface area contributed by atoms with Crippen LogP contribution in [0, 0.1) is 3.57 Å². The molecule has 112 valence electrons. The predicted octanol–water partition coefficient (Wildman–Crippen LogP) is 6.31. The Morgan fingerprint density at radius 2 is 1.52 bits per heavy atom. The van der Waals surface area contributed by atoms with Crippen LogP contribution >= 0.6 is 34.2 Å². The third-order valence-electron chi connectivity index (χ3n) is 4.01. The van der Waals surface area contributed by atoms with Crippen molar-refractivity contribution in [2.45, 2.75) is 45.4 Å². The number of rotatable bonds is 5. The van der Waals surface area contributed by atoms with Crippen LogP contribution in [0.1, 0.15) is 54.0 Å². The van der Waals surface area contributed by atoms with Crippen molar-refractivity contribution in [3.8, 4) is 0 Å². The molecule has 0 aliphatic rings. The average molecular weight is 413 g/mol. The zero-order valence-electron chi connectivity index (χ0n) is 12.9. The summed E-state index contributed by atoms with van der Waals surface area (Å²) in [5.74, 6) is 0. The fourth-order valence-corrected chi connectivity index (χ4v) is 4.16. The normalized spacial score (nSPS) is 12.4. The Bertz CT molecular complexity index is 594. The van der Waals surface area contributed by atoms with E-state index < -0.39 is 0 Å². The van der Waals surface area contributed by atoms with Crippen molar-refractivity contribution in [2.75, 3.05) is 0 Å². The van der Waals surface area contributed by atoms with Gasteiger partial charge in [-0.3, -0.25) is 0 Å². The van der Waals surface area contributed by atoms with E-state index in [9.17, 15) is 0 Å². The molecule has 0 spiro atoms. The molecule has 0 amide bonds. The van der Waals surface area contributed by atoms with Gasteiger partial charge in [0.2, 0.25) is 0 Å². The zero-order chi connectivity index (χ0) is 15.4. The molecule has 2 aromatic carbocycles. The molecule has 1 unspecified atom stereocenters. The molecule has 2 heteroatoms. The summed E-state index contributed by atoms with van der Waals surface area (Å²) in [7, 11) is 0. The second-order valence-electron chi connectivity index (χ2n) is 5.27. The SMILES string of the molecule is CCc1cc(CC)c(C(Cl)c2ccccc2I)c(CC)c1. The number of aryl methyl sites for hydroxylation is 3. The van der Waals surface area contributed by atoms with E-state index in [1.807, 2.05) is 0 Å². The highest BCUT2D eigenvalue weighted by Gasteiger charge is 2.20. The van der Waals surface area contributed by atoms with Gasteiger partial charge in [-0.1, -0.05) is 51.1 Å². The van der Waals surface area contributed by atoms with Crippen LogP contribution in [0.5, 0.6) is 0 Å². The fourth-order valence-electron chi connectivity index (χ4n) is 2.80. The van der Waals surface area contributed by atoms with Crippen LogP contribution in [-0.4, -0.2) is 0 Å². The summed E-state index contributed by atoms with van der Waals surface area (Å²) in [5.41, 5.74) is 6.74. The van der Waals surface area contributed by atoms with Gasteiger partial charge in [-0.05, 0) is 75.7 Å². The number of alkyl halides is 1. The first-order chi connectivity index (χ1) is 10.1. The largest absolute Gasteiger partial charge is 0.113 e. The van der Waals surface area contributed by atoms with Crippen molar-refractivity contribution in [1.82, 2.24) is 0 Å². The van der Waals surface area contributed by atoms with E-state index in [0.717, 1.165) is 19.3 Å². The van der Waals surface area contributed by atoms with Crippen LogP contribution in [0.2, 0.25) is 0 Å². The number of hydrogen-bond acceptors (Lipinski definition) is 0. The fraction of sp³-hybridized carbons (Fsp3) is 0.368. The summed E-state index contributed by atoms with van der Waals surface area (Å²) >= 11 is 9.28. The highest BCUT2D eigenvalue weighted by molar-refractivity contribution is 14.1. The molecular formula is C19H22ClI. The minimum Gasteiger partial charge on any atom is -0.113 e. The molecule has 0 bridgehead atoms. The molecule has 0 N–H and O–H groups in total. The smallest absolute Gasteiger partial charge is 0.0850 e. The average Bonchev–Trinajstić information content (AvgIpc) is 2.53. The molecule has 0 aromatic heterocycles. The van der Waals surface area contributed by atoms with Crippen molar-refractivity contribution in [3.05, 3.63) is 67.8 Å².